The molecule has 5 nitrogen and oxygen atoms in total. The van der Waals surface area contributed by atoms with Crippen LogP contribution in [0.3, 0.4) is 0 Å². The maximum atomic E-state index is 11.8. The second-order valence-corrected chi connectivity index (χ2v) is 7.40. The van der Waals surface area contributed by atoms with Crippen LogP contribution in [-0.2, 0) is 9.47 Å². The molecular weight excluding hydrogens is 326 g/mol. The summed E-state index contributed by atoms with van der Waals surface area (Å²) in [5.74, 6) is 0. The smallest absolute Gasteiger partial charge is 0.407 e. The molecule has 132 valence electrons. The number of nitrogens with one attached hydrogen (secondary N) is 1. The fourth-order valence-corrected chi connectivity index (χ4v) is 2.90. The van der Waals surface area contributed by atoms with E-state index in [1.165, 1.54) is 0 Å². The van der Waals surface area contributed by atoms with Gasteiger partial charge in [-0.1, -0.05) is 30.3 Å². The number of aliphatic hydroxyl groups excluding tert-OH is 1. The molecule has 0 spiro atoms. The highest BCUT2D eigenvalue weighted by molar-refractivity contribution is 7.80. The summed E-state index contributed by atoms with van der Waals surface area (Å²) in [6.07, 6.45) is 0.252. The van der Waals surface area contributed by atoms with E-state index in [9.17, 15) is 9.90 Å². The van der Waals surface area contributed by atoms with Crippen molar-refractivity contribution in [3.63, 3.8) is 0 Å². The Kier molecular flexibility index (Phi) is 6.18. The Hall–Kier alpha value is -1.66. The van der Waals surface area contributed by atoms with E-state index in [0.29, 0.717) is 24.3 Å². The molecule has 3 atom stereocenters. The minimum atomic E-state index is -0.680. The first-order valence-corrected chi connectivity index (χ1v) is 8.59. The fourth-order valence-electron chi connectivity index (χ4n) is 2.64. The van der Waals surface area contributed by atoms with Crippen LogP contribution in [-0.4, -0.2) is 40.1 Å². The van der Waals surface area contributed by atoms with Crippen LogP contribution in [0.1, 0.15) is 45.6 Å². The third kappa shape index (κ3) is 5.76. The van der Waals surface area contributed by atoms with Gasteiger partial charge in [-0.25, -0.2) is 4.79 Å². The molecule has 1 aliphatic rings. The van der Waals surface area contributed by atoms with Crippen molar-refractivity contribution in [2.75, 3.05) is 0 Å². The lowest BCUT2D eigenvalue weighted by molar-refractivity contribution is -0.0104. The SMILES string of the molecule is CC(C)(C)OC(=O)NC1CCC(OC(=S)c2ccccc2)C(O)C1. The molecule has 0 bridgehead atoms. The number of hydrogen-bond acceptors (Lipinski definition) is 5. The molecule has 2 N–H and O–H groups in total. The van der Waals surface area contributed by atoms with Crippen molar-refractivity contribution in [1.29, 1.82) is 0 Å². The highest BCUT2D eigenvalue weighted by atomic mass is 32.1. The third-order valence-electron chi connectivity index (χ3n) is 3.74. The number of amides is 1. The molecule has 0 aromatic heterocycles. The Morgan fingerprint density at radius 2 is 1.92 bits per heavy atom. The van der Waals surface area contributed by atoms with Gasteiger partial charge in [0.25, 0.3) is 0 Å². The maximum Gasteiger partial charge on any atom is 0.407 e. The summed E-state index contributed by atoms with van der Waals surface area (Å²) >= 11 is 5.29. The number of hydrogen-bond donors (Lipinski definition) is 2. The number of benzene rings is 1. The summed E-state index contributed by atoms with van der Waals surface area (Å²) in [4.78, 5) is 11.8. The molecule has 0 saturated heterocycles. The molecule has 1 fully saturated rings. The molecular formula is C18H25NO4S. The first-order valence-electron chi connectivity index (χ1n) is 8.18. The fraction of sp³-hybridized carbons (Fsp3) is 0.556. The lowest BCUT2D eigenvalue weighted by Crippen LogP contribution is -2.47. The largest absolute Gasteiger partial charge is 0.477 e. The zero-order valence-corrected chi connectivity index (χ0v) is 15.1. The first kappa shape index (κ1) is 18.7. The summed E-state index contributed by atoms with van der Waals surface area (Å²) in [6.45, 7) is 5.45. The Morgan fingerprint density at radius 1 is 1.25 bits per heavy atom. The monoisotopic (exact) mass is 351 g/mol. The van der Waals surface area contributed by atoms with Crippen LogP contribution in [0.2, 0.25) is 0 Å². The average Bonchev–Trinajstić information content (AvgIpc) is 2.49. The first-order chi connectivity index (χ1) is 11.2. The van der Waals surface area contributed by atoms with Gasteiger partial charge in [-0.15, -0.1) is 0 Å². The second kappa shape index (κ2) is 7.94. The number of aliphatic hydroxyl groups is 1. The van der Waals surface area contributed by atoms with Gasteiger partial charge in [0.15, 0.2) is 5.05 Å². The minimum Gasteiger partial charge on any atom is -0.477 e. The molecule has 1 amide bonds. The van der Waals surface area contributed by atoms with Crippen molar-refractivity contribution >= 4 is 23.4 Å². The topological polar surface area (TPSA) is 67.8 Å². The summed E-state index contributed by atoms with van der Waals surface area (Å²) in [5.41, 5.74) is 0.291. The van der Waals surface area contributed by atoms with Crippen LogP contribution >= 0.6 is 12.2 Å². The van der Waals surface area contributed by atoms with Crippen molar-refractivity contribution in [3.05, 3.63) is 35.9 Å². The molecule has 0 radical (unpaired) electrons. The molecule has 1 aromatic rings. The summed E-state index contributed by atoms with van der Waals surface area (Å²) in [7, 11) is 0. The maximum absolute atomic E-state index is 11.8. The lowest BCUT2D eigenvalue weighted by atomic mass is 9.90. The normalized spacial score (nSPS) is 24.1. The standard InChI is InChI=1S/C18H25NO4S/c1-18(2,3)23-17(21)19-13-9-10-15(14(20)11-13)22-16(24)12-7-5-4-6-8-12/h4-8,13-15,20H,9-11H2,1-3H3,(H,19,21). The van der Waals surface area contributed by atoms with E-state index < -0.39 is 17.8 Å². The molecule has 1 saturated carbocycles. The van der Waals surface area contributed by atoms with E-state index in [1.54, 1.807) is 0 Å². The Morgan fingerprint density at radius 3 is 2.50 bits per heavy atom. The predicted molar refractivity (Wildman–Crippen MR) is 96.0 cm³/mol. The summed E-state index contributed by atoms with van der Waals surface area (Å²) in [5, 5.41) is 13.5. The van der Waals surface area contributed by atoms with Crippen LogP contribution in [0.5, 0.6) is 0 Å². The van der Waals surface area contributed by atoms with Crippen LogP contribution in [0, 0.1) is 0 Å². The number of carbonyl (C=O) groups excluding carboxylic acids is 1. The molecule has 24 heavy (non-hydrogen) atoms. The van der Waals surface area contributed by atoms with Gasteiger partial charge in [0.1, 0.15) is 11.7 Å². The van der Waals surface area contributed by atoms with Crippen molar-refractivity contribution in [3.8, 4) is 0 Å². The second-order valence-electron chi connectivity index (χ2n) is 7.03. The zero-order valence-electron chi connectivity index (χ0n) is 14.3. The predicted octanol–water partition coefficient (Wildman–Crippen LogP) is 3.19. The number of ether oxygens (including phenoxy) is 2. The van der Waals surface area contributed by atoms with Crippen LogP contribution in [0.4, 0.5) is 4.79 Å². The van der Waals surface area contributed by atoms with E-state index in [1.807, 2.05) is 51.1 Å². The quantitative estimate of drug-likeness (QED) is 0.819. The van der Waals surface area contributed by atoms with Gasteiger partial charge < -0.3 is 19.9 Å². The summed E-state index contributed by atoms with van der Waals surface area (Å²) < 4.78 is 11.0. The Bertz CT molecular complexity index is 570. The molecule has 1 aromatic carbocycles. The Labute approximate surface area is 148 Å². The van der Waals surface area contributed by atoms with Gasteiger partial charge >= 0.3 is 6.09 Å². The highest BCUT2D eigenvalue weighted by Crippen LogP contribution is 2.23. The summed E-state index contributed by atoms with van der Waals surface area (Å²) in [6, 6.07) is 9.33. The highest BCUT2D eigenvalue weighted by Gasteiger charge is 2.32. The number of thiocarbonyl (C=S) groups is 1. The van der Waals surface area contributed by atoms with E-state index in [-0.39, 0.29) is 12.1 Å². The number of carbonyl (C=O) groups is 1. The van der Waals surface area contributed by atoms with Gasteiger partial charge in [0.05, 0.1) is 6.10 Å². The van der Waals surface area contributed by atoms with E-state index >= 15 is 0 Å². The minimum absolute atomic E-state index is 0.125. The number of alkyl carbamates (subject to hydrolysis) is 1. The average molecular weight is 351 g/mol. The van der Waals surface area contributed by atoms with Gasteiger partial charge in [-0.05, 0) is 52.3 Å². The Balaban J connectivity index is 1.82. The van der Waals surface area contributed by atoms with Gasteiger partial charge in [-0.2, -0.15) is 0 Å². The molecule has 3 unspecified atom stereocenters. The molecule has 6 heteroatoms. The van der Waals surface area contributed by atoms with Gasteiger partial charge in [-0.3, -0.25) is 0 Å². The van der Waals surface area contributed by atoms with Gasteiger partial charge in [0, 0.05) is 11.6 Å². The van der Waals surface area contributed by atoms with E-state index in [4.69, 9.17) is 21.7 Å². The molecule has 0 aliphatic heterocycles. The third-order valence-corrected chi connectivity index (χ3v) is 4.08. The zero-order chi connectivity index (χ0) is 17.7. The molecule has 0 heterocycles. The van der Waals surface area contributed by atoms with Crippen molar-refractivity contribution in [2.24, 2.45) is 0 Å². The lowest BCUT2D eigenvalue weighted by Gasteiger charge is -2.34. The van der Waals surface area contributed by atoms with Crippen LogP contribution in [0.25, 0.3) is 0 Å². The van der Waals surface area contributed by atoms with E-state index in [0.717, 1.165) is 5.56 Å². The van der Waals surface area contributed by atoms with Crippen LogP contribution < -0.4 is 5.32 Å². The van der Waals surface area contributed by atoms with Crippen molar-refractivity contribution in [1.82, 2.24) is 5.32 Å². The molecule has 1 aliphatic carbocycles. The van der Waals surface area contributed by atoms with Crippen LogP contribution in [0.15, 0.2) is 30.3 Å². The number of rotatable bonds is 3. The molecule has 2 rings (SSSR count). The van der Waals surface area contributed by atoms with Crippen molar-refractivity contribution in [2.45, 2.75) is 63.9 Å². The van der Waals surface area contributed by atoms with Gasteiger partial charge in [0.2, 0.25) is 0 Å². The van der Waals surface area contributed by atoms with E-state index in [2.05, 4.69) is 5.32 Å². The van der Waals surface area contributed by atoms with Crippen molar-refractivity contribution < 1.29 is 19.4 Å².